The SMILES string of the molecule is COC(=O)N[C@H](C(=O)Cc1cccc(F)c1CC[C@H]1CNC[C@@H](C)N1S(=O)(=O)c1ccccc1)[C@@H](c1ccc(F)cc1)C1CCOCC1. The Hall–Kier alpha value is -3.71. The van der Waals surface area contributed by atoms with Gasteiger partial charge in [-0.3, -0.25) is 4.79 Å². The Morgan fingerprint density at radius 3 is 2.40 bits per heavy atom. The number of Topliss-reactive ketones (excluding diaryl/α,β-unsaturated/α-hetero) is 1. The first-order chi connectivity index (χ1) is 23.1. The van der Waals surface area contributed by atoms with E-state index in [-0.39, 0.29) is 35.5 Å². The summed E-state index contributed by atoms with van der Waals surface area (Å²) in [7, 11) is -2.60. The van der Waals surface area contributed by atoms with Gasteiger partial charge in [-0.2, -0.15) is 4.31 Å². The van der Waals surface area contributed by atoms with Gasteiger partial charge in [-0.15, -0.1) is 0 Å². The van der Waals surface area contributed by atoms with E-state index < -0.39 is 45.8 Å². The number of carbonyl (C=O) groups excluding carboxylic acids is 2. The summed E-state index contributed by atoms with van der Waals surface area (Å²) in [4.78, 5) is 27.0. The molecule has 2 N–H and O–H groups in total. The second kappa shape index (κ2) is 16.1. The van der Waals surface area contributed by atoms with Gasteiger partial charge in [-0.1, -0.05) is 42.5 Å². The van der Waals surface area contributed by atoms with Crippen molar-refractivity contribution in [3.63, 3.8) is 0 Å². The van der Waals surface area contributed by atoms with Gasteiger partial charge in [0.25, 0.3) is 0 Å². The van der Waals surface area contributed by atoms with Gasteiger partial charge in [0.1, 0.15) is 11.6 Å². The Bertz CT molecular complexity index is 1650. The number of ether oxygens (including phenoxy) is 2. The molecule has 2 aliphatic rings. The molecule has 0 saturated carbocycles. The van der Waals surface area contributed by atoms with Gasteiger partial charge < -0.3 is 20.1 Å². The highest BCUT2D eigenvalue weighted by molar-refractivity contribution is 7.89. The van der Waals surface area contributed by atoms with Crippen LogP contribution in [0, 0.1) is 17.6 Å². The number of carbonyl (C=O) groups is 2. The number of amides is 1. The number of rotatable bonds is 12. The van der Waals surface area contributed by atoms with Crippen molar-refractivity contribution in [1.82, 2.24) is 14.9 Å². The monoisotopic (exact) mass is 683 g/mol. The molecule has 0 radical (unpaired) electrons. The van der Waals surface area contributed by atoms with Crippen LogP contribution >= 0.6 is 0 Å². The fourth-order valence-corrected chi connectivity index (χ4v) is 8.95. The molecule has 48 heavy (non-hydrogen) atoms. The van der Waals surface area contributed by atoms with E-state index in [1.807, 2.05) is 6.92 Å². The van der Waals surface area contributed by atoms with Gasteiger partial charge >= 0.3 is 6.09 Å². The van der Waals surface area contributed by atoms with Gasteiger partial charge in [0.15, 0.2) is 5.78 Å². The molecule has 2 saturated heterocycles. The number of ketones is 1. The van der Waals surface area contributed by atoms with Crippen molar-refractivity contribution >= 4 is 21.9 Å². The Kier molecular flexibility index (Phi) is 12.0. The predicted molar refractivity (Wildman–Crippen MR) is 177 cm³/mol. The number of piperazine rings is 1. The van der Waals surface area contributed by atoms with Crippen LogP contribution in [-0.4, -0.2) is 76.1 Å². The molecule has 4 atom stereocenters. The van der Waals surface area contributed by atoms with Gasteiger partial charge in [0.05, 0.1) is 18.0 Å². The van der Waals surface area contributed by atoms with Crippen LogP contribution in [-0.2, 0) is 37.1 Å². The smallest absolute Gasteiger partial charge is 0.407 e. The second-order valence-corrected chi connectivity index (χ2v) is 14.4. The Balaban J connectivity index is 1.42. The molecule has 258 valence electrons. The van der Waals surface area contributed by atoms with Crippen LogP contribution < -0.4 is 10.6 Å². The highest BCUT2D eigenvalue weighted by atomic mass is 32.2. The van der Waals surface area contributed by atoms with Crippen LogP contribution in [0.2, 0.25) is 0 Å². The van der Waals surface area contributed by atoms with Crippen LogP contribution in [0.1, 0.15) is 48.8 Å². The first-order valence-electron chi connectivity index (χ1n) is 16.4. The first kappa shape index (κ1) is 35.6. The third kappa shape index (κ3) is 8.28. The van der Waals surface area contributed by atoms with E-state index in [2.05, 4.69) is 10.6 Å². The van der Waals surface area contributed by atoms with E-state index in [0.29, 0.717) is 62.3 Å². The van der Waals surface area contributed by atoms with Crippen LogP contribution in [0.4, 0.5) is 13.6 Å². The maximum atomic E-state index is 15.5. The molecule has 2 heterocycles. The van der Waals surface area contributed by atoms with E-state index in [1.165, 1.54) is 35.7 Å². The van der Waals surface area contributed by atoms with Crippen LogP contribution in [0.5, 0.6) is 0 Å². The molecule has 1 amide bonds. The zero-order chi connectivity index (χ0) is 34.3. The summed E-state index contributed by atoms with van der Waals surface area (Å²) in [5.41, 5.74) is 1.47. The van der Waals surface area contributed by atoms with Crippen molar-refractivity contribution in [3.05, 3.63) is 101 Å². The number of nitrogens with zero attached hydrogens (tertiary/aromatic N) is 1. The number of alkyl carbamates (subject to hydrolysis) is 1. The molecule has 2 aliphatic heterocycles. The molecule has 0 spiro atoms. The Morgan fingerprint density at radius 1 is 1.00 bits per heavy atom. The summed E-state index contributed by atoms with van der Waals surface area (Å²) in [6, 6.07) is 16.9. The van der Waals surface area contributed by atoms with Gasteiger partial charge in [-0.25, -0.2) is 22.0 Å². The largest absolute Gasteiger partial charge is 0.453 e. The molecule has 9 nitrogen and oxygen atoms in total. The van der Waals surface area contributed by atoms with Crippen molar-refractivity contribution in [2.75, 3.05) is 33.4 Å². The quantitative estimate of drug-likeness (QED) is 0.277. The molecule has 0 aromatic heterocycles. The van der Waals surface area contributed by atoms with Crippen molar-refractivity contribution < 1.29 is 36.3 Å². The zero-order valence-electron chi connectivity index (χ0n) is 27.2. The van der Waals surface area contributed by atoms with E-state index in [1.54, 1.807) is 48.5 Å². The third-order valence-electron chi connectivity index (χ3n) is 9.43. The summed E-state index contributed by atoms with van der Waals surface area (Å²) in [5, 5.41) is 6.04. The third-order valence-corrected chi connectivity index (χ3v) is 11.5. The standard InChI is InChI=1S/C36H43F2N3O6S/c1-24-22-39-23-29(41(24)48(44,45)30-8-4-3-5-9-30)15-16-31-27(7-6-10-32(31)38)21-33(42)35(40-36(43)46-2)34(26-17-19-47-20-18-26)25-11-13-28(37)14-12-25/h3-14,24,26,29,34-35,39H,15-23H2,1-2H3,(H,40,43)/t24-,29+,34+,35-/m1/s1. The minimum Gasteiger partial charge on any atom is -0.453 e. The summed E-state index contributed by atoms with van der Waals surface area (Å²) < 4.78 is 68.9. The maximum absolute atomic E-state index is 15.5. The minimum absolute atomic E-state index is 0.0550. The number of hydrogen-bond acceptors (Lipinski definition) is 7. The molecular formula is C36H43F2N3O6S. The normalized spacial score (nSPS) is 20.5. The molecule has 0 aliphatic carbocycles. The highest BCUT2D eigenvalue weighted by Gasteiger charge is 2.39. The number of benzene rings is 3. The average molecular weight is 684 g/mol. The summed E-state index contributed by atoms with van der Waals surface area (Å²) in [6.45, 7) is 3.70. The van der Waals surface area contributed by atoms with Crippen molar-refractivity contribution in [1.29, 1.82) is 0 Å². The van der Waals surface area contributed by atoms with Gasteiger partial charge in [-0.05, 0) is 85.5 Å². The molecule has 5 rings (SSSR count). The zero-order valence-corrected chi connectivity index (χ0v) is 28.1. The highest BCUT2D eigenvalue weighted by Crippen LogP contribution is 2.36. The van der Waals surface area contributed by atoms with Gasteiger partial charge in [0.2, 0.25) is 10.0 Å². The summed E-state index contributed by atoms with van der Waals surface area (Å²) in [5.74, 6) is -1.83. The fraction of sp³-hybridized carbons (Fsp3) is 0.444. The number of hydrogen-bond donors (Lipinski definition) is 2. The minimum atomic E-state index is -3.82. The summed E-state index contributed by atoms with van der Waals surface area (Å²) >= 11 is 0. The Morgan fingerprint density at radius 2 is 1.71 bits per heavy atom. The van der Waals surface area contributed by atoms with Crippen molar-refractivity contribution in [2.45, 2.75) is 68.0 Å². The average Bonchev–Trinajstić information content (AvgIpc) is 3.09. The molecule has 12 heteroatoms. The topological polar surface area (TPSA) is 114 Å². The van der Waals surface area contributed by atoms with E-state index in [4.69, 9.17) is 9.47 Å². The molecule has 3 aromatic carbocycles. The predicted octanol–water partition coefficient (Wildman–Crippen LogP) is 5.00. The second-order valence-electron chi connectivity index (χ2n) is 12.5. The van der Waals surface area contributed by atoms with Crippen molar-refractivity contribution in [2.24, 2.45) is 5.92 Å². The van der Waals surface area contributed by atoms with E-state index in [0.717, 1.165) is 0 Å². The van der Waals surface area contributed by atoms with E-state index in [9.17, 15) is 22.4 Å². The van der Waals surface area contributed by atoms with Gasteiger partial charge in [0, 0.05) is 50.7 Å². The Labute approximate surface area is 281 Å². The lowest BCUT2D eigenvalue weighted by atomic mass is 9.74. The van der Waals surface area contributed by atoms with Crippen LogP contribution in [0.15, 0.2) is 77.7 Å². The number of halogens is 2. The number of sulfonamides is 1. The molecule has 2 fully saturated rings. The lowest BCUT2D eigenvalue weighted by Gasteiger charge is -2.40. The lowest BCUT2D eigenvalue weighted by Crippen LogP contribution is -2.58. The van der Waals surface area contributed by atoms with Crippen molar-refractivity contribution in [3.8, 4) is 0 Å². The van der Waals surface area contributed by atoms with E-state index >= 15 is 4.39 Å². The van der Waals surface area contributed by atoms with Crippen LogP contribution in [0.25, 0.3) is 0 Å². The van der Waals surface area contributed by atoms with Crippen LogP contribution in [0.3, 0.4) is 0 Å². The number of nitrogens with one attached hydrogen (secondary N) is 2. The fourth-order valence-electron chi connectivity index (χ4n) is 7.09. The molecule has 0 bridgehead atoms. The molecular weight excluding hydrogens is 640 g/mol. The summed E-state index contributed by atoms with van der Waals surface area (Å²) in [6.07, 6.45) is 0.798. The molecule has 3 aromatic rings. The lowest BCUT2D eigenvalue weighted by molar-refractivity contribution is -0.121. The first-order valence-corrected chi connectivity index (χ1v) is 17.8. The maximum Gasteiger partial charge on any atom is 0.407 e. The molecule has 0 unspecified atom stereocenters. The number of methoxy groups -OCH3 is 1.